The molecule has 5 rings (SSSR count). The number of nitrogens with zero attached hydrogens (tertiary/aromatic N) is 3. The molecule has 7 nitrogen and oxygen atoms in total. The van der Waals surface area contributed by atoms with E-state index >= 15 is 0 Å². The molecule has 2 unspecified atom stereocenters. The number of carbonyl (C=O) groups is 1. The second-order valence-corrected chi connectivity index (χ2v) is 9.83. The Kier molecular flexibility index (Phi) is 7.42. The van der Waals surface area contributed by atoms with E-state index in [-0.39, 0.29) is 18.0 Å². The first-order valence-corrected chi connectivity index (χ1v) is 13.0. The highest BCUT2D eigenvalue weighted by molar-refractivity contribution is 7.80. The third-order valence-electron chi connectivity index (χ3n) is 6.86. The summed E-state index contributed by atoms with van der Waals surface area (Å²) in [7, 11) is 1.66. The summed E-state index contributed by atoms with van der Waals surface area (Å²) < 4.78 is 7.61. The number of ether oxygens (including phenoxy) is 1. The molecule has 0 aliphatic carbocycles. The van der Waals surface area contributed by atoms with Crippen LogP contribution in [0.1, 0.15) is 41.0 Å². The topological polar surface area (TPSA) is 71.4 Å². The van der Waals surface area contributed by atoms with Gasteiger partial charge in [-0.1, -0.05) is 24.3 Å². The molecule has 1 aliphatic heterocycles. The van der Waals surface area contributed by atoms with E-state index in [1.165, 1.54) is 0 Å². The predicted octanol–water partition coefficient (Wildman–Crippen LogP) is 5.50. The highest BCUT2D eigenvalue weighted by atomic mass is 32.1. The third-order valence-corrected chi connectivity index (χ3v) is 7.21. The van der Waals surface area contributed by atoms with Gasteiger partial charge in [-0.05, 0) is 79.7 Å². The quantitative estimate of drug-likeness (QED) is 0.296. The molecule has 2 atom stereocenters. The number of thiocarbonyl (C=S) groups is 1. The number of methoxy groups -OCH3 is 1. The average Bonchev–Trinajstić information content (AvgIpc) is 3.54. The van der Waals surface area contributed by atoms with Gasteiger partial charge in [0.2, 0.25) is 5.91 Å². The first-order chi connectivity index (χ1) is 18.4. The van der Waals surface area contributed by atoms with Crippen LogP contribution in [-0.2, 0) is 4.79 Å². The molecule has 194 valence electrons. The number of rotatable bonds is 8. The van der Waals surface area contributed by atoms with Crippen LogP contribution in [0, 0.1) is 13.8 Å². The Morgan fingerprint density at radius 1 is 1.08 bits per heavy atom. The Labute approximate surface area is 228 Å². The Hall–Kier alpha value is -4.17. The zero-order valence-electron chi connectivity index (χ0n) is 21.7. The molecule has 1 amide bonds. The van der Waals surface area contributed by atoms with E-state index in [4.69, 9.17) is 17.0 Å². The van der Waals surface area contributed by atoms with Gasteiger partial charge in [0.25, 0.3) is 0 Å². The van der Waals surface area contributed by atoms with Crippen molar-refractivity contribution in [2.45, 2.75) is 32.4 Å². The van der Waals surface area contributed by atoms with E-state index in [2.05, 4.69) is 31.2 Å². The number of amides is 1. The van der Waals surface area contributed by atoms with Crippen molar-refractivity contribution in [3.8, 4) is 11.4 Å². The number of anilines is 1. The van der Waals surface area contributed by atoms with Gasteiger partial charge in [-0.25, -0.2) is 0 Å². The minimum absolute atomic E-state index is 0.0512. The van der Waals surface area contributed by atoms with Crippen LogP contribution in [0.2, 0.25) is 0 Å². The molecule has 2 aromatic carbocycles. The second-order valence-electron chi connectivity index (χ2n) is 9.44. The molecule has 0 radical (unpaired) electrons. The van der Waals surface area contributed by atoms with Crippen LogP contribution >= 0.6 is 12.2 Å². The van der Waals surface area contributed by atoms with Gasteiger partial charge in [0, 0.05) is 48.5 Å². The van der Waals surface area contributed by atoms with Crippen LogP contribution in [0.3, 0.4) is 0 Å². The zero-order valence-corrected chi connectivity index (χ0v) is 22.5. The fraction of sp³-hybridized carbons (Fsp3) is 0.233. The van der Waals surface area contributed by atoms with Crippen molar-refractivity contribution in [3.63, 3.8) is 0 Å². The number of hydrogen-bond acceptors (Lipinski definition) is 4. The van der Waals surface area contributed by atoms with Crippen molar-refractivity contribution in [2.24, 2.45) is 0 Å². The fourth-order valence-electron chi connectivity index (χ4n) is 4.90. The highest BCUT2D eigenvalue weighted by Gasteiger charge is 2.41. The monoisotopic (exact) mass is 525 g/mol. The number of nitrogens with one attached hydrogen (secondary N) is 2. The molecule has 0 saturated carbocycles. The summed E-state index contributed by atoms with van der Waals surface area (Å²) in [6.45, 7) is 4.47. The maximum absolute atomic E-state index is 13.0. The molecular formula is C30H31N5O2S. The highest BCUT2D eigenvalue weighted by Crippen LogP contribution is 2.39. The maximum Gasteiger partial charge on any atom is 0.226 e. The molecule has 1 saturated heterocycles. The summed E-state index contributed by atoms with van der Waals surface area (Å²) >= 11 is 5.81. The van der Waals surface area contributed by atoms with Gasteiger partial charge in [-0.15, -0.1) is 0 Å². The second kappa shape index (κ2) is 11.1. The summed E-state index contributed by atoms with van der Waals surface area (Å²) in [6.07, 6.45) is 4.12. The Balaban J connectivity index is 1.45. The molecule has 38 heavy (non-hydrogen) atoms. The molecule has 8 heteroatoms. The van der Waals surface area contributed by atoms with E-state index in [0.29, 0.717) is 18.1 Å². The van der Waals surface area contributed by atoms with E-state index in [0.717, 1.165) is 39.6 Å². The lowest BCUT2D eigenvalue weighted by Crippen LogP contribution is -2.33. The summed E-state index contributed by atoms with van der Waals surface area (Å²) in [6, 6.07) is 23.7. The molecule has 0 bridgehead atoms. The summed E-state index contributed by atoms with van der Waals surface area (Å²) in [5.74, 6) is 0.730. The summed E-state index contributed by atoms with van der Waals surface area (Å²) in [5, 5.41) is 7.15. The summed E-state index contributed by atoms with van der Waals surface area (Å²) in [4.78, 5) is 19.7. The van der Waals surface area contributed by atoms with Crippen molar-refractivity contribution < 1.29 is 9.53 Å². The standard InChI is InChI=1S/C30H31N5O2S/c1-20-12-13-21(2)25(18-20)32-27(36)14-17-35-29(28(33-30(35)38)24-10-4-5-15-31-24)26-11-7-16-34(26)22-8-6-9-23(19-22)37-3/h4-13,15-16,18-19,28-29H,14,17H2,1-3H3,(H,32,36)(H,33,38). The van der Waals surface area contributed by atoms with Crippen molar-refractivity contribution in [3.05, 3.63) is 108 Å². The van der Waals surface area contributed by atoms with Crippen molar-refractivity contribution in [1.82, 2.24) is 19.8 Å². The number of aryl methyl sites for hydroxylation is 2. The minimum Gasteiger partial charge on any atom is -0.497 e. The van der Waals surface area contributed by atoms with E-state index in [1.807, 2.05) is 86.8 Å². The SMILES string of the molecule is COc1cccc(-n2cccc2C2C(c3ccccn3)NC(=S)N2CCC(=O)Nc2cc(C)ccc2C)c1. The molecule has 0 spiro atoms. The molecular weight excluding hydrogens is 494 g/mol. The number of aromatic nitrogens is 2. The van der Waals surface area contributed by atoms with Gasteiger partial charge < -0.3 is 24.8 Å². The normalized spacial score (nSPS) is 16.8. The lowest BCUT2D eigenvalue weighted by molar-refractivity contribution is -0.116. The van der Waals surface area contributed by atoms with Gasteiger partial charge in [0.1, 0.15) is 5.75 Å². The zero-order chi connectivity index (χ0) is 26.6. The number of benzene rings is 2. The van der Waals surface area contributed by atoms with Gasteiger partial charge in [-0.2, -0.15) is 0 Å². The first-order valence-electron chi connectivity index (χ1n) is 12.6. The van der Waals surface area contributed by atoms with Gasteiger partial charge in [0.05, 0.1) is 24.9 Å². The average molecular weight is 526 g/mol. The lowest BCUT2D eigenvalue weighted by atomic mass is 10.0. The van der Waals surface area contributed by atoms with Crippen LogP contribution in [0.15, 0.2) is 85.2 Å². The first kappa shape index (κ1) is 25.5. The maximum atomic E-state index is 13.0. The van der Waals surface area contributed by atoms with E-state index in [1.54, 1.807) is 13.3 Å². The molecule has 2 N–H and O–H groups in total. The van der Waals surface area contributed by atoms with Crippen molar-refractivity contribution >= 4 is 28.9 Å². The van der Waals surface area contributed by atoms with Crippen LogP contribution in [-0.4, -0.2) is 39.1 Å². The van der Waals surface area contributed by atoms with Crippen LogP contribution in [0.5, 0.6) is 5.75 Å². The Morgan fingerprint density at radius 2 is 1.95 bits per heavy atom. The Bertz CT molecular complexity index is 1450. The van der Waals surface area contributed by atoms with Gasteiger partial charge in [-0.3, -0.25) is 9.78 Å². The Morgan fingerprint density at radius 3 is 2.74 bits per heavy atom. The van der Waals surface area contributed by atoms with Gasteiger partial charge >= 0.3 is 0 Å². The smallest absolute Gasteiger partial charge is 0.226 e. The molecule has 2 aromatic heterocycles. The summed E-state index contributed by atoms with van der Waals surface area (Å²) in [5.41, 5.74) is 5.89. The van der Waals surface area contributed by atoms with Crippen LogP contribution in [0.25, 0.3) is 5.69 Å². The predicted molar refractivity (Wildman–Crippen MR) is 154 cm³/mol. The van der Waals surface area contributed by atoms with Crippen molar-refractivity contribution in [1.29, 1.82) is 0 Å². The molecule has 1 aliphatic rings. The van der Waals surface area contributed by atoms with Crippen LogP contribution in [0.4, 0.5) is 5.69 Å². The molecule has 3 heterocycles. The largest absolute Gasteiger partial charge is 0.497 e. The number of carbonyl (C=O) groups excluding carboxylic acids is 1. The number of pyridine rings is 1. The van der Waals surface area contributed by atoms with E-state index < -0.39 is 0 Å². The van der Waals surface area contributed by atoms with E-state index in [9.17, 15) is 4.79 Å². The third kappa shape index (κ3) is 5.26. The minimum atomic E-state index is -0.176. The van der Waals surface area contributed by atoms with Crippen LogP contribution < -0.4 is 15.4 Å². The van der Waals surface area contributed by atoms with Crippen molar-refractivity contribution in [2.75, 3.05) is 19.0 Å². The number of hydrogen-bond donors (Lipinski definition) is 2. The fourth-order valence-corrected chi connectivity index (χ4v) is 5.24. The molecule has 1 fully saturated rings. The van der Waals surface area contributed by atoms with Gasteiger partial charge in [0.15, 0.2) is 5.11 Å². The lowest BCUT2D eigenvalue weighted by Gasteiger charge is -2.29. The molecule has 4 aromatic rings.